The molecule has 0 saturated carbocycles. The SMILES string of the molecule is COc1c(Br)cc(Cl)cc1NC1CCS(=O)(=O)CC1. The van der Waals surface area contributed by atoms with Gasteiger partial charge in [-0.1, -0.05) is 11.6 Å². The highest BCUT2D eigenvalue weighted by Crippen LogP contribution is 2.37. The van der Waals surface area contributed by atoms with Crippen molar-refractivity contribution in [2.24, 2.45) is 0 Å². The van der Waals surface area contributed by atoms with E-state index in [0.717, 1.165) is 10.2 Å². The van der Waals surface area contributed by atoms with Crippen molar-refractivity contribution in [2.45, 2.75) is 18.9 Å². The van der Waals surface area contributed by atoms with Crippen molar-refractivity contribution in [3.8, 4) is 5.75 Å². The minimum atomic E-state index is -2.85. The monoisotopic (exact) mass is 367 g/mol. The summed E-state index contributed by atoms with van der Waals surface area (Å²) >= 11 is 9.42. The molecule has 1 saturated heterocycles. The largest absolute Gasteiger partial charge is 0.493 e. The number of anilines is 1. The molecule has 0 unspecified atom stereocenters. The number of methoxy groups -OCH3 is 1. The van der Waals surface area contributed by atoms with Gasteiger partial charge in [0.05, 0.1) is 28.8 Å². The fourth-order valence-electron chi connectivity index (χ4n) is 2.13. The van der Waals surface area contributed by atoms with Crippen LogP contribution in [0.1, 0.15) is 12.8 Å². The van der Waals surface area contributed by atoms with E-state index in [2.05, 4.69) is 21.2 Å². The van der Waals surface area contributed by atoms with Crippen LogP contribution in [0.25, 0.3) is 0 Å². The predicted molar refractivity (Wildman–Crippen MR) is 81.0 cm³/mol. The van der Waals surface area contributed by atoms with E-state index in [1.165, 1.54) is 0 Å². The van der Waals surface area contributed by atoms with Crippen LogP contribution in [0.15, 0.2) is 16.6 Å². The molecule has 1 aliphatic heterocycles. The summed E-state index contributed by atoms with van der Waals surface area (Å²) in [5, 5.41) is 3.91. The van der Waals surface area contributed by atoms with Crippen molar-refractivity contribution in [3.05, 3.63) is 21.6 Å². The third kappa shape index (κ3) is 3.77. The molecule has 7 heteroatoms. The van der Waals surface area contributed by atoms with E-state index in [-0.39, 0.29) is 17.5 Å². The fraction of sp³-hybridized carbons (Fsp3) is 0.500. The Morgan fingerprint density at radius 1 is 1.37 bits per heavy atom. The molecule has 106 valence electrons. The van der Waals surface area contributed by atoms with E-state index in [4.69, 9.17) is 16.3 Å². The van der Waals surface area contributed by atoms with E-state index in [1.807, 2.05) is 0 Å². The lowest BCUT2D eigenvalue weighted by Gasteiger charge is -2.25. The molecule has 0 spiro atoms. The van der Waals surface area contributed by atoms with Gasteiger partial charge in [-0.15, -0.1) is 0 Å². The van der Waals surface area contributed by atoms with Crippen molar-refractivity contribution in [1.82, 2.24) is 0 Å². The first-order valence-corrected chi connectivity index (χ1v) is 8.90. The second-order valence-electron chi connectivity index (χ2n) is 4.54. The molecule has 1 fully saturated rings. The smallest absolute Gasteiger partial charge is 0.156 e. The highest BCUT2D eigenvalue weighted by atomic mass is 79.9. The first kappa shape index (κ1) is 14.9. The Kier molecular flexibility index (Phi) is 4.63. The van der Waals surface area contributed by atoms with Gasteiger partial charge >= 0.3 is 0 Å². The molecule has 4 nitrogen and oxygen atoms in total. The Balaban J connectivity index is 2.15. The van der Waals surface area contributed by atoms with Gasteiger partial charge in [0.15, 0.2) is 5.75 Å². The molecule has 0 aromatic heterocycles. The third-order valence-electron chi connectivity index (χ3n) is 3.13. The zero-order valence-electron chi connectivity index (χ0n) is 10.4. The Morgan fingerprint density at radius 2 is 2.00 bits per heavy atom. The quantitative estimate of drug-likeness (QED) is 0.891. The van der Waals surface area contributed by atoms with Crippen molar-refractivity contribution < 1.29 is 13.2 Å². The van der Waals surface area contributed by atoms with Crippen LogP contribution in [0.5, 0.6) is 5.75 Å². The van der Waals surface area contributed by atoms with E-state index in [9.17, 15) is 8.42 Å². The third-order valence-corrected chi connectivity index (χ3v) is 5.65. The number of nitrogens with one attached hydrogen (secondary N) is 1. The number of hydrogen-bond acceptors (Lipinski definition) is 4. The fourth-order valence-corrected chi connectivity index (χ4v) is 4.59. The van der Waals surface area contributed by atoms with Crippen LogP contribution in [-0.4, -0.2) is 33.1 Å². The lowest BCUT2D eigenvalue weighted by atomic mass is 10.1. The minimum Gasteiger partial charge on any atom is -0.493 e. The zero-order chi connectivity index (χ0) is 14.0. The molecule has 0 bridgehead atoms. The van der Waals surface area contributed by atoms with Gasteiger partial charge < -0.3 is 10.1 Å². The van der Waals surface area contributed by atoms with Crippen LogP contribution in [0, 0.1) is 0 Å². The second-order valence-corrected chi connectivity index (χ2v) is 8.13. The molecule has 0 radical (unpaired) electrons. The van der Waals surface area contributed by atoms with Crippen LogP contribution >= 0.6 is 27.5 Å². The van der Waals surface area contributed by atoms with E-state index in [0.29, 0.717) is 23.6 Å². The molecule has 0 aliphatic carbocycles. The lowest BCUT2D eigenvalue weighted by Crippen LogP contribution is -2.32. The standard InChI is InChI=1S/C12H15BrClNO3S/c1-18-12-10(13)6-8(14)7-11(12)15-9-2-4-19(16,17)5-3-9/h6-7,9,15H,2-5H2,1H3. The molecule has 0 amide bonds. The van der Waals surface area contributed by atoms with E-state index in [1.54, 1.807) is 19.2 Å². The van der Waals surface area contributed by atoms with Crippen LogP contribution in [0.3, 0.4) is 0 Å². The van der Waals surface area contributed by atoms with Gasteiger partial charge in [-0.2, -0.15) is 0 Å². The van der Waals surface area contributed by atoms with Crippen LogP contribution in [0.2, 0.25) is 5.02 Å². The van der Waals surface area contributed by atoms with E-state index >= 15 is 0 Å². The van der Waals surface area contributed by atoms with Gasteiger partial charge in [0.25, 0.3) is 0 Å². The summed E-state index contributed by atoms with van der Waals surface area (Å²) in [5.74, 6) is 1.14. The van der Waals surface area contributed by atoms with Gasteiger partial charge in [0.1, 0.15) is 9.84 Å². The summed E-state index contributed by atoms with van der Waals surface area (Å²) in [6.45, 7) is 0. The first-order chi connectivity index (χ1) is 8.91. The summed E-state index contributed by atoms with van der Waals surface area (Å²) < 4.78 is 28.9. The number of ether oxygens (including phenoxy) is 1. The average Bonchev–Trinajstić information content (AvgIpc) is 2.31. The summed E-state index contributed by atoms with van der Waals surface area (Å²) in [7, 11) is -1.26. The molecular weight excluding hydrogens is 354 g/mol. The minimum absolute atomic E-state index is 0.128. The molecule has 0 atom stereocenters. The molecular formula is C12H15BrClNO3S. The van der Waals surface area contributed by atoms with Crippen molar-refractivity contribution >= 4 is 43.1 Å². The molecule has 19 heavy (non-hydrogen) atoms. The summed E-state index contributed by atoms with van der Waals surface area (Å²) in [4.78, 5) is 0. The average molecular weight is 369 g/mol. The zero-order valence-corrected chi connectivity index (χ0v) is 13.6. The van der Waals surface area contributed by atoms with Gasteiger partial charge in [-0.25, -0.2) is 8.42 Å². The van der Waals surface area contributed by atoms with Crippen LogP contribution < -0.4 is 10.1 Å². The lowest BCUT2D eigenvalue weighted by molar-refractivity contribution is 0.413. The van der Waals surface area contributed by atoms with Gasteiger partial charge in [0.2, 0.25) is 0 Å². The van der Waals surface area contributed by atoms with Crippen molar-refractivity contribution in [1.29, 1.82) is 0 Å². The molecule has 2 rings (SSSR count). The number of halogens is 2. The first-order valence-electron chi connectivity index (χ1n) is 5.91. The number of sulfone groups is 1. The predicted octanol–water partition coefficient (Wildman–Crippen LogP) is 3.10. The summed E-state index contributed by atoms with van der Waals surface area (Å²) in [6, 6.07) is 3.67. The molecule has 1 heterocycles. The highest BCUT2D eigenvalue weighted by Gasteiger charge is 2.24. The van der Waals surface area contributed by atoms with Gasteiger partial charge in [-0.3, -0.25) is 0 Å². The molecule has 1 aromatic rings. The van der Waals surface area contributed by atoms with E-state index < -0.39 is 9.84 Å². The number of rotatable bonds is 3. The van der Waals surface area contributed by atoms with Gasteiger partial charge in [-0.05, 0) is 40.9 Å². The van der Waals surface area contributed by atoms with Crippen LogP contribution in [-0.2, 0) is 9.84 Å². The maximum absolute atomic E-state index is 11.4. The maximum Gasteiger partial charge on any atom is 0.156 e. The Morgan fingerprint density at radius 3 is 2.58 bits per heavy atom. The topological polar surface area (TPSA) is 55.4 Å². The van der Waals surface area contributed by atoms with Crippen molar-refractivity contribution in [2.75, 3.05) is 23.9 Å². The number of hydrogen-bond donors (Lipinski definition) is 1. The molecule has 1 N–H and O–H groups in total. The molecule has 1 aromatic carbocycles. The second kappa shape index (κ2) is 5.89. The Hall–Kier alpha value is -0.460. The normalized spacial score (nSPS) is 19.1. The van der Waals surface area contributed by atoms with Gasteiger partial charge in [0, 0.05) is 11.1 Å². The Bertz CT molecular complexity index is 563. The Labute approximate surface area is 126 Å². The summed E-state index contributed by atoms with van der Waals surface area (Å²) in [5.41, 5.74) is 0.783. The molecule has 1 aliphatic rings. The van der Waals surface area contributed by atoms with Crippen LogP contribution in [0.4, 0.5) is 5.69 Å². The van der Waals surface area contributed by atoms with Crippen molar-refractivity contribution in [3.63, 3.8) is 0 Å². The maximum atomic E-state index is 11.4. The summed E-state index contributed by atoms with van der Waals surface area (Å²) in [6.07, 6.45) is 1.21. The number of benzene rings is 1. The highest BCUT2D eigenvalue weighted by molar-refractivity contribution is 9.10.